The van der Waals surface area contributed by atoms with E-state index in [1.165, 1.54) is 6.20 Å². The number of benzene rings is 1. The third kappa shape index (κ3) is 3.42. The number of nitrogens with zero attached hydrogens (tertiary/aromatic N) is 1. The molecule has 2 rings (SSSR count). The summed E-state index contributed by atoms with van der Waals surface area (Å²) in [7, 11) is 0. The Morgan fingerprint density at radius 2 is 1.76 bits per heavy atom. The molecule has 0 radical (unpaired) electrons. The summed E-state index contributed by atoms with van der Waals surface area (Å²) in [5, 5.41) is 3.02. The molecule has 0 saturated heterocycles. The van der Waals surface area contributed by atoms with Crippen molar-refractivity contribution >= 4 is 5.69 Å². The molecule has 0 atom stereocenters. The van der Waals surface area contributed by atoms with Gasteiger partial charge in [0.25, 0.3) is 0 Å². The van der Waals surface area contributed by atoms with Crippen LogP contribution in [-0.2, 0) is 6.61 Å². The molecule has 0 saturated carbocycles. The van der Waals surface area contributed by atoms with Gasteiger partial charge in [-0.3, -0.25) is 4.98 Å². The van der Waals surface area contributed by atoms with Gasteiger partial charge in [0.15, 0.2) is 17.4 Å². The molecule has 0 amide bonds. The molecule has 112 valence electrons. The molecule has 0 fully saturated rings. The van der Waals surface area contributed by atoms with Crippen molar-refractivity contribution in [1.29, 1.82) is 0 Å². The fraction of sp³-hybridized carbons (Fsp3) is 0.214. The lowest BCUT2D eigenvalue weighted by atomic mass is 10.3. The molecule has 7 heteroatoms. The van der Waals surface area contributed by atoms with Gasteiger partial charge in [-0.25, -0.2) is 8.78 Å². The molecule has 0 aliphatic carbocycles. The number of hydrogen-bond acceptors (Lipinski definition) is 3. The van der Waals surface area contributed by atoms with Crippen LogP contribution < -0.4 is 10.1 Å². The third-order valence-electron chi connectivity index (χ3n) is 2.63. The van der Waals surface area contributed by atoms with Crippen molar-refractivity contribution in [2.45, 2.75) is 13.5 Å². The highest BCUT2D eigenvalue weighted by molar-refractivity contribution is 5.43. The van der Waals surface area contributed by atoms with Crippen molar-refractivity contribution < 1.29 is 22.3 Å². The molecule has 0 unspecified atom stereocenters. The predicted octanol–water partition coefficient (Wildman–Crippen LogP) is 3.65. The van der Waals surface area contributed by atoms with Gasteiger partial charge in [0, 0.05) is 24.5 Å². The second kappa shape index (κ2) is 6.43. The summed E-state index contributed by atoms with van der Waals surface area (Å²) in [6.45, 7) is 2.26. The Morgan fingerprint density at radius 3 is 2.38 bits per heavy atom. The van der Waals surface area contributed by atoms with Gasteiger partial charge < -0.3 is 10.1 Å². The predicted molar refractivity (Wildman–Crippen MR) is 69.0 cm³/mol. The Balaban J connectivity index is 2.18. The highest BCUT2D eigenvalue weighted by Crippen LogP contribution is 2.27. The van der Waals surface area contributed by atoms with Gasteiger partial charge in [-0.2, -0.15) is 8.78 Å². The summed E-state index contributed by atoms with van der Waals surface area (Å²) in [6.07, 6.45) is 1.48. The number of ether oxygens (including phenoxy) is 1. The smallest absolute Gasteiger partial charge is 0.203 e. The highest BCUT2D eigenvalue weighted by Gasteiger charge is 2.20. The Kier molecular flexibility index (Phi) is 4.62. The molecule has 1 N–H and O–H groups in total. The number of aromatic nitrogens is 1. The van der Waals surface area contributed by atoms with Gasteiger partial charge in [-0.05, 0) is 19.1 Å². The molecule has 1 aromatic carbocycles. The number of nitrogens with one attached hydrogen (secondary N) is 1. The van der Waals surface area contributed by atoms with Gasteiger partial charge in [-0.15, -0.1) is 0 Å². The SMILES string of the molecule is CCNc1ccnc(COc2c(F)c(F)cc(F)c2F)c1. The number of halogens is 4. The van der Waals surface area contributed by atoms with Crippen molar-refractivity contribution in [3.8, 4) is 5.75 Å². The first-order chi connectivity index (χ1) is 10.0. The van der Waals surface area contributed by atoms with Crippen molar-refractivity contribution in [2.24, 2.45) is 0 Å². The van der Waals surface area contributed by atoms with Crippen molar-refractivity contribution in [2.75, 3.05) is 11.9 Å². The van der Waals surface area contributed by atoms with Gasteiger partial charge in [-0.1, -0.05) is 0 Å². The van der Waals surface area contributed by atoms with E-state index in [4.69, 9.17) is 4.74 Å². The average Bonchev–Trinajstić information content (AvgIpc) is 2.46. The van der Waals surface area contributed by atoms with E-state index in [1.54, 1.807) is 12.1 Å². The Bertz CT molecular complexity index is 623. The molecule has 1 heterocycles. The van der Waals surface area contributed by atoms with E-state index >= 15 is 0 Å². The number of pyridine rings is 1. The molecule has 0 aliphatic heterocycles. The van der Waals surface area contributed by atoms with Crippen LogP contribution in [0.25, 0.3) is 0 Å². The summed E-state index contributed by atoms with van der Waals surface area (Å²) in [6, 6.07) is 3.44. The van der Waals surface area contributed by atoms with Crippen LogP contribution in [0.15, 0.2) is 24.4 Å². The zero-order chi connectivity index (χ0) is 15.4. The lowest BCUT2D eigenvalue weighted by Crippen LogP contribution is -2.05. The standard InChI is InChI=1S/C14H12F4N2O/c1-2-19-8-3-4-20-9(5-8)7-21-14-12(17)10(15)6-11(16)13(14)18/h3-6H,2,7H2,1H3,(H,19,20). The lowest BCUT2D eigenvalue weighted by Gasteiger charge is -2.10. The van der Waals surface area contributed by atoms with E-state index < -0.39 is 29.0 Å². The minimum absolute atomic E-state index is 0.127. The topological polar surface area (TPSA) is 34.2 Å². The third-order valence-corrected chi connectivity index (χ3v) is 2.63. The quantitative estimate of drug-likeness (QED) is 0.676. The van der Waals surface area contributed by atoms with E-state index in [1.807, 2.05) is 6.92 Å². The van der Waals surface area contributed by atoms with Crippen molar-refractivity contribution in [1.82, 2.24) is 4.98 Å². The second-order valence-electron chi connectivity index (χ2n) is 4.15. The molecule has 0 bridgehead atoms. The van der Waals surface area contributed by atoms with E-state index in [0.717, 1.165) is 5.69 Å². The van der Waals surface area contributed by atoms with E-state index in [9.17, 15) is 17.6 Å². The van der Waals surface area contributed by atoms with Crippen LogP contribution in [0.2, 0.25) is 0 Å². The molecular weight excluding hydrogens is 288 g/mol. The molecule has 2 aromatic rings. The number of anilines is 1. The van der Waals surface area contributed by atoms with Gasteiger partial charge in [0.1, 0.15) is 6.61 Å². The van der Waals surface area contributed by atoms with E-state index in [0.29, 0.717) is 12.2 Å². The van der Waals surface area contributed by atoms with Crippen LogP contribution in [0.3, 0.4) is 0 Å². The summed E-state index contributed by atoms with van der Waals surface area (Å²) in [4.78, 5) is 3.94. The first-order valence-corrected chi connectivity index (χ1v) is 6.17. The molecular formula is C14H12F4N2O. The van der Waals surface area contributed by atoms with E-state index in [-0.39, 0.29) is 12.7 Å². The summed E-state index contributed by atoms with van der Waals surface area (Å²) < 4.78 is 57.7. The number of hydrogen-bond donors (Lipinski definition) is 1. The minimum atomic E-state index is -1.57. The summed E-state index contributed by atoms with van der Waals surface area (Å²) in [5.74, 6) is -7.27. The molecule has 0 spiro atoms. The maximum Gasteiger partial charge on any atom is 0.203 e. The Hall–Kier alpha value is -2.31. The molecule has 0 aliphatic rings. The fourth-order valence-corrected chi connectivity index (χ4v) is 1.70. The summed E-state index contributed by atoms with van der Waals surface area (Å²) >= 11 is 0. The monoisotopic (exact) mass is 300 g/mol. The Morgan fingerprint density at radius 1 is 1.10 bits per heavy atom. The van der Waals surface area contributed by atoms with Gasteiger partial charge >= 0.3 is 0 Å². The van der Waals surface area contributed by atoms with Crippen molar-refractivity contribution in [3.63, 3.8) is 0 Å². The maximum absolute atomic E-state index is 13.4. The lowest BCUT2D eigenvalue weighted by molar-refractivity contribution is 0.258. The zero-order valence-electron chi connectivity index (χ0n) is 11.1. The van der Waals surface area contributed by atoms with Crippen LogP contribution in [0, 0.1) is 23.3 Å². The van der Waals surface area contributed by atoms with Crippen LogP contribution in [0.5, 0.6) is 5.75 Å². The van der Waals surface area contributed by atoms with Crippen LogP contribution in [0.4, 0.5) is 23.2 Å². The van der Waals surface area contributed by atoms with Crippen LogP contribution in [-0.4, -0.2) is 11.5 Å². The first kappa shape index (κ1) is 15.1. The second-order valence-corrected chi connectivity index (χ2v) is 4.15. The molecule has 1 aromatic heterocycles. The van der Waals surface area contributed by atoms with Crippen LogP contribution in [0.1, 0.15) is 12.6 Å². The van der Waals surface area contributed by atoms with Gasteiger partial charge in [0.05, 0.1) is 5.69 Å². The minimum Gasteiger partial charge on any atom is -0.481 e. The first-order valence-electron chi connectivity index (χ1n) is 6.17. The van der Waals surface area contributed by atoms with Gasteiger partial charge in [0.2, 0.25) is 11.6 Å². The zero-order valence-corrected chi connectivity index (χ0v) is 11.1. The molecule has 21 heavy (non-hydrogen) atoms. The fourth-order valence-electron chi connectivity index (χ4n) is 1.70. The summed E-state index contributed by atoms with van der Waals surface area (Å²) in [5.41, 5.74) is 1.11. The maximum atomic E-state index is 13.4. The van der Waals surface area contributed by atoms with Crippen LogP contribution >= 0.6 is 0 Å². The van der Waals surface area contributed by atoms with E-state index in [2.05, 4.69) is 10.3 Å². The number of rotatable bonds is 5. The normalized spacial score (nSPS) is 10.5. The largest absolute Gasteiger partial charge is 0.481 e. The Labute approximate surface area is 118 Å². The molecule has 3 nitrogen and oxygen atoms in total. The van der Waals surface area contributed by atoms with Crippen molar-refractivity contribution in [3.05, 3.63) is 53.4 Å². The average molecular weight is 300 g/mol. The highest BCUT2D eigenvalue weighted by atomic mass is 19.2.